The van der Waals surface area contributed by atoms with Crippen LogP contribution in [0.2, 0.25) is 0 Å². The van der Waals surface area contributed by atoms with Gasteiger partial charge in [0.2, 0.25) is 0 Å². The van der Waals surface area contributed by atoms with Crippen LogP contribution in [-0.4, -0.2) is 16.0 Å². The van der Waals surface area contributed by atoms with Crippen molar-refractivity contribution in [1.29, 1.82) is 0 Å². The molecule has 2 aliphatic rings. The first-order chi connectivity index (χ1) is 11.1. The summed E-state index contributed by atoms with van der Waals surface area (Å²) in [7, 11) is 0. The van der Waals surface area contributed by atoms with Crippen molar-refractivity contribution in [3.05, 3.63) is 70.1 Å². The van der Waals surface area contributed by atoms with E-state index in [1.807, 2.05) is 36.0 Å². The Bertz CT molecular complexity index is 764. The minimum absolute atomic E-state index is 0.311. The SMILES string of the molecule is Cc1cc(O)cc2c1CC(c1ccc(O)cc1)C2C1C=CSC1. The van der Waals surface area contributed by atoms with Gasteiger partial charge in [-0.1, -0.05) is 18.2 Å². The van der Waals surface area contributed by atoms with Crippen LogP contribution in [-0.2, 0) is 6.42 Å². The number of fused-ring (bicyclic) bond motifs is 1. The number of thioether (sulfide) groups is 1. The van der Waals surface area contributed by atoms with Gasteiger partial charge in [-0.15, -0.1) is 11.8 Å². The van der Waals surface area contributed by atoms with Gasteiger partial charge in [-0.2, -0.15) is 0 Å². The predicted molar refractivity (Wildman–Crippen MR) is 95.2 cm³/mol. The van der Waals surface area contributed by atoms with Gasteiger partial charge in [-0.25, -0.2) is 0 Å². The fourth-order valence-corrected chi connectivity index (χ4v) is 5.11. The van der Waals surface area contributed by atoms with Crippen LogP contribution in [0.15, 0.2) is 47.9 Å². The number of hydrogen-bond donors (Lipinski definition) is 2. The summed E-state index contributed by atoms with van der Waals surface area (Å²) < 4.78 is 0. The van der Waals surface area contributed by atoms with Crippen LogP contribution in [0.3, 0.4) is 0 Å². The molecule has 1 heterocycles. The molecular weight excluding hydrogens is 304 g/mol. The molecule has 0 saturated heterocycles. The molecule has 3 atom stereocenters. The largest absolute Gasteiger partial charge is 0.508 e. The highest BCUT2D eigenvalue weighted by Crippen LogP contribution is 2.52. The summed E-state index contributed by atoms with van der Waals surface area (Å²) in [4.78, 5) is 0. The van der Waals surface area contributed by atoms with Gasteiger partial charge in [0.25, 0.3) is 0 Å². The first-order valence-corrected chi connectivity index (χ1v) is 9.08. The summed E-state index contributed by atoms with van der Waals surface area (Å²) in [6.07, 6.45) is 3.32. The molecule has 0 bridgehead atoms. The first-order valence-electron chi connectivity index (χ1n) is 8.03. The Hall–Kier alpha value is -1.87. The topological polar surface area (TPSA) is 40.5 Å². The van der Waals surface area contributed by atoms with E-state index in [0.717, 1.165) is 12.2 Å². The highest BCUT2D eigenvalue weighted by Gasteiger charge is 2.39. The third-order valence-electron chi connectivity index (χ3n) is 5.20. The van der Waals surface area contributed by atoms with E-state index in [2.05, 4.69) is 18.4 Å². The molecule has 23 heavy (non-hydrogen) atoms. The summed E-state index contributed by atoms with van der Waals surface area (Å²) in [6.45, 7) is 2.09. The van der Waals surface area contributed by atoms with Crippen molar-refractivity contribution in [3.63, 3.8) is 0 Å². The van der Waals surface area contributed by atoms with E-state index in [1.165, 1.54) is 22.3 Å². The number of phenols is 2. The standard InChI is InChI=1S/C20H20O2S/c1-12-8-16(22)9-19-17(12)10-18(13-2-4-15(21)5-3-13)20(19)14-6-7-23-11-14/h2-9,14,18,20-22H,10-11H2,1H3. The van der Waals surface area contributed by atoms with Crippen molar-refractivity contribution in [2.45, 2.75) is 25.2 Å². The number of allylic oxidation sites excluding steroid dienone is 1. The summed E-state index contributed by atoms with van der Waals surface area (Å²) in [5.74, 6) is 3.08. The lowest BCUT2D eigenvalue weighted by Gasteiger charge is -2.26. The lowest BCUT2D eigenvalue weighted by atomic mass is 9.78. The lowest BCUT2D eigenvalue weighted by molar-refractivity contribution is 0.466. The second kappa shape index (κ2) is 5.64. The molecule has 3 unspecified atom stereocenters. The van der Waals surface area contributed by atoms with Crippen LogP contribution < -0.4 is 0 Å². The molecule has 1 aliphatic carbocycles. The monoisotopic (exact) mass is 324 g/mol. The van der Waals surface area contributed by atoms with E-state index >= 15 is 0 Å². The van der Waals surface area contributed by atoms with Gasteiger partial charge < -0.3 is 10.2 Å². The molecule has 3 heteroatoms. The molecule has 2 aromatic carbocycles. The normalized spacial score (nSPS) is 25.7. The maximum atomic E-state index is 10.1. The third kappa shape index (κ3) is 2.53. The van der Waals surface area contributed by atoms with Crippen molar-refractivity contribution in [2.75, 3.05) is 5.75 Å². The first kappa shape index (κ1) is 14.7. The number of hydrogen-bond acceptors (Lipinski definition) is 3. The van der Waals surface area contributed by atoms with Crippen LogP contribution >= 0.6 is 11.8 Å². The average molecular weight is 324 g/mol. The number of aromatic hydroxyl groups is 2. The maximum absolute atomic E-state index is 10.1. The van der Waals surface area contributed by atoms with E-state index in [-0.39, 0.29) is 0 Å². The van der Waals surface area contributed by atoms with Crippen molar-refractivity contribution < 1.29 is 10.2 Å². The van der Waals surface area contributed by atoms with Crippen molar-refractivity contribution >= 4 is 11.8 Å². The van der Waals surface area contributed by atoms with Gasteiger partial charge >= 0.3 is 0 Å². The number of aryl methyl sites for hydroxylation is 1. The molecule has 118 valence electrons. The van der Waals surface area contributed by atoms with E-state index in [0.29, 0.717) is 29.3 Å². The smallest absolute Gasteiger partial charge is 0.116 e. The minimum Gasteiger partial charge on any atom is -0.508 e. The summed E-state index contributed by atoms with van der Waals surface area (Å²) in [5.41, 5.74) is 5.14. The molecule has 2 N–H and O–H groups in total. The van der Waals surface area contributed by atoms with Crippen LogP contribution in [0.1, 0.15) is 34.1 Å². The quantitative estimate of drug-likeness (QED) is 0.841. The zero-order valence-electron chi connectivity index (χ0n) is 13.1. The fourth-order valence-electron chi connectivity index (χ4n) is 4.14. The Balaban J connectivity index is 1.81. The number of benzene rings is 2. The molecule has 4 rings (SSSR count). The third-order valence-corrected chi connectivity index (χ3v) is 6.13. The molecule has 0 saturated carbocycles. The fraction of sp³-hybridized carbons (Fsp3) is 0.300. The van der Waals surface area contributed by atoms with E-state index in [4.69, 9.17) is 0 Å². The molecule has 0 amide bonds. The molecule has 0 fully saturated rings. The van der Waals surface area contributed by atoms with Crippen molar-refractivity contribution in [2.24, 2.45) is 5.92 Å². The van der Waals surface area contributed by atoms with Gasteiger partial charge in [0, 0.05) is 5.75 Å². The zero-order valence-corrected chi connectivity index (χ0v) is 13.9. The average Bonchev–Trinajstić information content (AvgIpc) is 3.14. The zero-order chi connectivity index (χ0) is 16.0. The van der Waals surface area contributed by atoms with E-state index in [9.17, 15) is 10.2 Å². The van der Waals surface area contributed by atoms with Crippen LogP contribution in [0.5, 0.6) is 11.5 Å². The van der Waals surface area contributed by atoms with Gasteiger partial charge in [-0.05, 0) is 83.0 Å². The van der Waals surface area contributed by atoms with E-state index in [1.54, 1.807) is 12.1 Å². The van der Waals surface area contributed by atoms with Gasteiger partial charge in [0.15, 0.2) is 0 Å². The second-order valence-electron chi connectivity index (χ2n) is 6.58. The van der Waals surface area contributed by atoms with Crippen LogP contribution in [0.25, 0.3) is 0 Å². The van der Waals surface area contributed by atoms with Crippen LogP contribution in [0.4, 0.5) is 0 Å². The van der Waals surface area contributed by atoms with Gasteiger partial charge in [-0.3, -0.25) is 0 Å². The lowest BCUT2D eigenvalue weighted by Crippen LogP contribution is -2.16. The Kier molecular flexibility index (Phi) is 3.61. The summed E-state index contributed by atoms with van der Waals surface area (Å²) in [6, 6.07) is 11.5. The van der Waals surface area contributed by atoms with Crippen molar-refractivity contribution in [1.82, 2.24) is 0 Å². The molecular formula is C20H20O2S. The summed E-state index contributed by atoms with van der Waals surface area (Å²) >= 11 is 1.87. The number of phenolic OH excluding ortho intramolecular Hbond substituents is 2. The molecule has 1 aliphatic heterocycles. The van der Waals surface area contributed by atoms with Crippen LogP contribution in [0, 0.1) is 12.8 Å². The van der Waals surface area contributed by atoms with Gasteiger partial charge in [0.1, 0.15) is 11.5 Å². The highest BCUT2D eigenvalue weighted by atomic mass is 32.2. The van der Waals surface area contributed by atoms with E-state index < -0.39 is 0 Å². The highest BCUT2D eigenvalue weighted by molar-refractivity contribution is 8.02. The second-order valence-corrected chi connectivity index (χ2v) is 7.52. The molecule has 0 spiro atoms. The van der Waals surface area contributed by atoms with Crippen molar-refractivity contribution in [3.8, 4) is 11.5 Å². The Morgan fingerprint density at radius 2 is 1.83 bits per heavy atom. The molecule has 0 aromatic heterocycles. The molecule has 0 radical (unpaired) electrons. The Labute approximate surface area is 140 Å². The van der Waals surface area contributed by atoms with Gasteiger partial charge in [0.05, 0.1) is 0 Å². The minimum atomic E-state index is 0.311. The molecule has 2 aromatic rings. The molecule has 2 nitrogen and oxygen atoms in total. The maximum Gasteiger partial charge on any atom is 0.116 e. The Morgan fingerprint density at radius 1 is 1.04 bits per heavy atom. The Morgan fingerprint density at radius 3 is 2.52 bits per heavy atom. The summed E-state index contributed by atoms with van der Waals surface area (Å²) in [5, 5.41) is 21.9. The predicted octanol–water partition coefficient (Wildman–Crippen LogP) is 4.71. The number of rotatable bonds is 2.